The summed E-state index contributed by atoms with van der Waals surface area (Å²) in [7, 11) is 0. The molecule has 0 aliphatic carbocycles. The second kappa shape index (κ2) is 7.08. The monoisotopic (exact) mass is 274 g/mol. The van der Waals surface area contributed by atoms with Gasteiger partial charge in [-0.1, -0.05) is 37.6 Å². The van der Waals surface area contributed by atoms with E-state index in [9.17, 15) is 9.59 Å². The number of hydrogen-bond donors (Lipinski definition) is 1. The van der Waals surface area contributed by atoms with Crippen LogP contribution in [0.15, 0.2) is 24.3 Å². The van der Waals surface area contributed by atoms with Crippen molar-refractivity contribution in [3.8, 4) is 0 Å². The van der Waals surface area contributed by atoms with Gasteiger partial charge in [0.05, 0.1) is 13.0 Å². The van der Waals surface area contributed by atoms with Gasteiger partial charge < -0.3 is 10.2 Å². The van der Waals surface area contributed by atoms with Crippen molar-refractivity contribution < 1.29 is 9.59 Å². The van der Waals surface area contributed by atoms with E-state index in [1.54, 1.807) is 4.90 Å². The first-order chi connectivity index (χ1) is 9.69. The molecule has 1 heterocycles. The molecule has 0 aromatic heterocycles. The Labute approximate surface area is 120 Å². The number of benzene rings is 1. The van der Waals surface area contributed by atoms with Crippen LogP contribution in [0.1, 0.15) is 30.9 Å². The van der Waals surface area contributed by atoms with Gasteiger partial charge in [0.15, 0.2) is 0 Å². The van der Waals surface area contributed by atoms with E-state index in [4.69, 9.17) is 0 Å². The van der Waals surface area contributed by atoms with Gasteiger partial charge >= 0.3 is 0 Å². The van der Waals surface area contributed by atoms with Crippen molar-refractivity contribution in [3.05, 3.63) is 35.4 Å². The van der Waals surface area contributed by atoms with Gasteiger partial charge in [0, 0.05) is 13.1 Å². The summed E-state index contributed by atoms with van der Waals surface area (Å²) >= 11 is 0. The second-order valence-corrected chi connectivity index (χ2v) is 5.26. The third-order valence-electron chi connectivity index (χ3n) is 3.59. The minimum absolute atomic E-state index is 0.0289. The van der Waals surface area contributed by atoms with Crippen LogP contribution >= 0.6 is 0 Å². The third-order valence-corrected chi connectivity index (χ3v) is 3.59. The average molecular weight is 274 g/mol. The van der Waals surface area contributed by atoms with E-state index in [0.29, 0.717) is 19.5 Å². The maximum Gasteiger partial charge on any atom is 0.239 e. The molecule has 0 spiro atoms. The van der Waals surface area contributed by atoms with Gasteiger partial charge in [-0.15, -0.1) is 0 Å². The number of nitrogens with one attached hydrogen (secondary N) is 1. The van der Waals surface area contributed by atoms with E-state index in [0.717, 1.165) is 12.0 Å². The summed E-state index contributed by atoms with van der Waals surface area (Å²) in [6.07, 6.45) is 3.86. The van der Waals surface area contributed by atoms with Crippen LogP contribution in [-0.4, -0.2) is 36.3 Å². The quantitative estimate of drug-likeness (QED) is 0.885. The Hall–Kier alpha value is -1.84. The Morgan fingerprint density at radius 1 is 1.25 bits per heavy atom. The fourth-order valence-electron chi connectivity index (χ4n) is 2.34. The smallest absolute Gasteiger partial charge is 0.239 e. The summed E-state index contributed by atoms with van der Waals surface area (Å²) in [5.41, 5.74) is 2.33. The first-order valence-electron chi connectivity index (χ1n) is 7.31. The van der Waals surface area contributed by atoms with Gasteiger partial charge in [-0.25, -0.2) is 0 Å². The van der Waals surface area contributed by atoms with Gasteiger partial charge in [-0.2, -0.15) is 0 Å². The van der Waals surface area contributed by atoms with Crippen LogP contribution in [0.25, 0.3) is 0 Å². The summed E-state index contributed by atoms with van der Waals surface area (Å²) in [6, 6.07) is 8.24. The minimum Gasteiger partial charge on any atom is -0.353 e. The summed E-state index contributed by atoms with van der Waals surface area (Å²) < 4.78 is 0. The number of unbranched alkanes of at least 4 members (excludes halogenated alkanes) is 1. The van der Waals surface area contributed by atoms with Gasteiger partial charge in [0.1, 0.15) is 0 Å². The largest absolute Gasteiger partial charge is 0.353 e. The first-order valence-corrected chi connectivity index (χ1v) is 7.31. The Bertz CT molecular complexity index is 468. The Balaban J connectivity index is 1.89. The van der Waals surface area contributed by atoms with Crippen molar-refractivity contribution in [3.63, 3.8) is 0 Å². The molecule has 1 fully saturated rings. The summed E-state index contributed by atoms with van der Waals surface area (Å²) in [5.74, 6) is -0.0410. The van der Waals surface area contributed by atoms with Crippen LogP contribution in [0.3, 0.4) is 0 Å². The van der Waals surface area contributed by atoms with Crippen molar-refractivity contribution >= 4 is 11.8 Å². The van der Waals surface area contributed by atoms with Crippen molar-refractivity contribution in [2.75, 3.05) is 19.6 Å². The molecule has 4 nitrogen and oxygen atoms in total. The van der Waals surface area contributed by atoms with E-state index < -0.39 is 0 Å². The highest BCUT2D eigenvalue weighted by Gasteiger charge is 2.20. The zero-order chi connectivity index (χ0) is 14.4. The van der Waals surface area contributed by atoms with E-state index in [1.807, 2.05) is 12.1 Å². The van der Waals surface area contributed by atoms with Crippen LogP contribution in [0, 0.1) is 0 Å². The van der Waals surface area contributed by atoms with Crippen LogP contribution < -0.4 is 5.32 Å². The van der Waals surface area contributed by atoms with Gasteiger partial charge in [-0.3, -0.25) is 9.59 Å². The van der Waals surface area contributed by atoms with Crippen LogP contribution in [-0.2, 0) is 22.4 Å². The predicted molar refractivity (Wildman–Crippen MR) is 78.3 cm³/mol. The molecule has 1 saturated heterocycles. The van der Waals surface area contributed by atoms with E-state index in [2.05, 4.69) is 24.4 Å². The number of hydrogen-bond acceptors (Lipinski definition) is 2. The van der Waals surface area contributed by atoms with Gasteiger partial charge in [0.2, 0.25) is 11.8 Å². The summed E-state index contributed by atoms with van der Waals surface area (Å²) in [5, 5.41) is 2.72. The molecular weight excluding hydrogens is 252 g/mol. The summed E-state index contributed by atoms with van der Waals surface area (Å²) in [4.78, 5) is 25.0. The molecular formula is C16H22N2O2. The lowest BCUT2D eigenvalue weighted by molar-refractivity contribution is -0.137. The molecule has 20 heavy (non-hydrogen) atoms. The molecule has 0 saturated carbocycles. The van der Waals surface area contributed by atoms with E-state index in [-0.39, 0.29) is 18.4 Å². The molecule has 0 unspecified atom stereocenters. The Kier molecular flexibility index (Phi) is 5.16. The highest BCUT2D eigenvalue weighted by molar-refractivity contribution is 5.86. The lowest BCUT2D eigenvalue weighted by Gasteiger charge is -2.26. The first kappa shape index (κ1) is 14.6. The summed E-state index contributed by atoms with van der Waals surface area (Å²) in [6.45, 7) is 3.54. The standard InChI is InChI=1S/C16H22N2O2/c1-2-3-4-13-5-7-14(8-6-13)11-16(20)18-10-9-17-15(19)12-18/h5-8H,2-4,9-12H2,1H3,(H,17,19). The van der Waals surface area contributed by atoms with Gasteiger partial charge in [0.25, 0.3) is 0 Å². The van der Waals surface area contributed by atoms with Crippen LogP contribution in [0.4, 0.5) is 0 Å². The Morgan fingerprint density at radius 2 is 1.95 bits per heavy atom. The molecule has 1 aliphatic heterocycles. The zero-order valence-electron chi connectivity index (χ0n) is 12.0. The van der Waals surface area contributed by atoms with Gasteiger partial charge in [-0.05, 0) is 24.0 Å². The molecule has 0 bridgehead atoms. The molecule has 1 aromatic rings. The predicted octanol–water partition coefficient (Wildman–Crippen LogP) is 1.53. The number of carbonyl (C=O) groups excluding carboxylic acids is 2. The highest BCUT2D eigenvalue weighted by Crippen LogP contribution is 2.10. The van der Waals surface area contributed by atoms with E-state index >= 15 is 0 Å². The molecule has 108 valence electrons. The number of amides is 2. The topological polar surface area (TPSA) is 49.4 Å². The molecule has 0 atom stereocenters. The lowest BCUT2D eigenvalue weighted by atomic mass is 10.0. The maximum absolute atomic E-state index is 12.1. The normalized spacial score (nSPS) is 15.1. The molecule has 2 rings (SSSR count). The van der Waals surface area contributed by atoms with Crippen LogP contribution in [0.5, 0.6) is 0 Å². The number of rotatable bonds is 5. The third kappa shape index (κ3) is 4.08. The molecule has 1 aromatic carbocycles. The number of aryl methyl sites for hydroxylation is 1. The number of carbonyl (C=O) groups is 2. The Morgan fingerprint density at radius 3 is 2.60 bits per heavy atom. The maximum atomic E-state index is 12.1. The molecule has 2 amide bonds. The molecule has 1 aliphatic rings. The SMILES string of the molecule is CCCCc1ccc(CC(=O)N2CCNC(=O)C2)cc1. The van der Waals surface area contributed by atoms with Crippen molar-refractivity contribution in [2.24, 2.45) is 0 Å². The molecule has 0 radical (unpaired) electrons. The van der Waals surface area contributed by atoms with Crippen molar-refractivity contribution in [1.29, 1.82) is 0 Å². The second-order valence-electron chi connectivity index (χ2n) is 5.26. The fourth-order valence-corrected chi connectivity index (χ4v) is 2.34. The number of piperazine rings is 1. The van der Waals surface area contributed by atoms with Crippen molar-refractivity contribution in [2.45, 2.75) is 32.6 Å². The lowest BCUT2D eigenvalue weighted by Crippen LogP contribution is -2.50. The minimum atomic E-state index is -0.0699. The van der Waals surface area contributed by atoms with Crippen LogP contribution in [0.2, 0.25) is 0 Å². The zero-order valence-corrected chi connectivity index (χ0v) is 12.0. The van der Waals surface area contributed by atoms with E-state index in [1.165, 1.54) is 18.4 Å². The highest BCUT2D eigenvalue weighted by atomic mass is 16.2. The molecule has 1 N–H and O–H groups in total. The average Bonchev–Trinajstić information content (AvgIpc) is 2.46. The number of nitrogens with zero attached hydrogens (tertiary/aromatic N) is 1. The van der Waals surface area contributed by atoms with Crippen molar-refractivity contribution in [1.82, 2.24) is 10.2 Å². The fraction of sp³-hybridized carbons (Fsp3) is 0.500. The molecule has 4 heteroatoms.